The predicted molar refractivity (Wildman–Crippen MR) is 111 cm³/mol. The highest BCUT2D eigenvalue weighted by atomic mass is 32.2. The second kappa shape index (κ2) is 7.18. The average molecular weight is 403 g/mol. The van der Waals surface area contributed by atoms with Crippen LogP contribution in [0.5, 0.6) is 0 Å². The average Bonchev–Trinajstić information content (AvgIpc) is 3.37. The number of rotatable bonds is 4. The van der Waals surface area contributed by atoms with Crippen LogP contribution in [-0.2, 0) is 0 Å². The lowest BCUT2D eigenvalue weighted by Gasteiger charge is -1.98. The summed E-state index contributed by atoms with van der Waals surface area (Å²) in [6.45, 7) is 2.09. The summed E-state index contributed by atoms with van der Waals surface area (Å²) in [5.41, 5.74) is 4.23. The Morgan fingerprint density at radius 1 is 0.893 bits per heavy atom. The zero-order valence-electron chi connectivity index (χ0n) is 14.9. The van der Waals surface area contributed by atoms with E-state index in [-0.39, 0.29) is 0 Å². The molecule has 0 unspecified atom stereocenters. The third-order valence-corrected chi connectivity index (χ3v) is 6.38. The summed E-state index contributed by atoms with van der Waals surface area (Å²) in [5.74, 6) is 0.500. The summed E-state index contributed by atoms with van der Waals surface area (Å²) in [4.78, 5) is 10.0. The number of hydrogen-bond acceptors (Lipinski definition) is 7. The van der Waals surface area contributed by atoms with Crippen molar-refractivity contribution >= 4 is 33.3 Å². The van der Waals surface area contributed by atoms with E-state index in [1.807, 2.05) is 30.3 Å². The van der Waals surface area contributed by atoms with Crippen molar-refractivity contribution in [3.8, 4) is 21.9 Å². The van der Waals surface area contributed by atoms with Crippen molar-refractivity contribution in [3.05, 3.63) is 72.6 Å². The van der Waals surface area contributed by atoms with Gasteiger partial charge < -0.3 is 4.42 Å². The van der Waals surface area contributed by atoms with Gasteiger partial charge in [0.2, 0.25) is 5.89 Å². The molecular formula is C21H14N4OS2. The Morgan fingerprint density at radius 3 is 2.54 bits per heavy atom. The lowest BCUT2D eigenvalue weighted by Crippen LogP contribution is -1.82. The fourth-order valence-corrected chi connectivity index (χ4v) is 4.71. The molecule has 5 aromatic rings. The lowest BCUT2D eigenvalue weighted by atomic mass is 10.1. The van der Waals surface area contributed by atoms with Gasteiger partial charge in [0.15, 0.2) is 0 Å². The maximum absolute atomic E-state index is 5.81. The first-order valence-corrected chi connectivity index (χ1v) is 10.3. The van der Waals surface area contributed by atoms with E-state index in [0.29, 0.717) is 11.1 Å². The summed E-state index contributed by atoms with van der Waals surface area (Å²) >= 11 is 3.03. The molecule has 0 saturated carbocycles. The molecule has 0 aliphatic carbocycles. The topological polar surface area (TPSA) is 64.7 Å². The molecule has 136 valence electrons. The summed E-state index contributed by atoms with van der Waals surface area (Å²) in [6.07, 6.45) is 1.57. The molecule has 5 nitrogen and oxygen atoms in total. The standard InChI is InChI=1S/C21H14N4OS2/c1-13-7-9-14(10-8-13)17-11-16-18(27-17)20(23-12-22-16)28-21-25-24-19(26-21)15-5-3-2-4-6-15/h2-12H,1H3. The predicted octanol–water partition coefficient (Wildman–Crippen LogP) is 5.87. The Kier molecular flexibility index (Phi) is 4.38. The van der Waals surface area contributed by atoms with E-state index in [2.05, 4.69) is 57.4 Å². The van der Waals surface area contributed by atoms with Crippen molar-refractivity contribution in [2.75, 3.05) is 0 Å². The molecular weight excluding hydrogens is 388 g/mol. The van der Waals surface area contributed by atoms with Crippen LogP contribution in [0.1, 0.15) is 5.56 Å². The van der Waals surface area contributed by atoms with Crippen molar-refractivity contribution in [2.24, 2.45) is 0 Å². The van der Waals surface area contributed by atoms with Crippen LogP contribution in [0.25, 0.3) is 32.1 Å². The van der Waals surface area contributed by atoms with E-state index in [1.54, 1.807) is 17.7 Å². The van der Waals surface area contributed by atoms with Crippen LogP contribution in [0, 0.1) is 6.92 Å². The van der Waals surface area contributed by atoms with Gasteiger partial charge >= 0.3 is 0 Å². The van der Waals surface area contributed by atoms with Crippen molar-refractivity contribution < 1.29 is 4.42 Å². The molecule has 0 amide bonds. The first-order chi connectivity index (χ1) is 13.8. The maximum Gasteiger partial charge on any atom is 0.283 e. The Bertz CT molecular complexity index is 1250. The Hall–Kier alpha value is -3.03. The molecule has 3 heterocycles. The van der Waals surface area contributed by atoms with Crippen molar-refractivity contribution in [2.45, 2.75) is 17.2 Å². The van der Waals surface area contributed by atoms with Crippen molar-refractivity contribution in [1.29, 1.82) is 0 Å². The number of nitrogens with zero attached hydrogens (tertiary/aromatic N) is 4. The molecule has 0 bridgehead atoms. The quantitative estimate of drug-likeness (QED) is 0.350. The zero-order chi connectivity index (χ0) is 18.9. The van der Waals surface area contributed by atoms with E-state index in [4.69, 9.17) is 4.42 Å². The number of aryl methyl sites for hydroxylation is 1. The van der Waals surface area contributed by atoms with Gasteiger partial charge in [0, 0.05) is 10.4 Å². The highest BCUT2D eigenvalue weighted by Crippen LogP contribution is 2.39. The van der Waals surface area contributed by atoms with Gasteiger partial charge in [0.25, 0.3) is 5.22 Å². The smallest absolute Gasteiger partial charge is 0.283 e. The number of thiophene rings is 1. The van der Waals surface area contributed by atoms with Crippen LogP contribution in [0.4, 0.5) is 0 Å². The molecule has 0 radical (unpaired) electrons. The van der Waals surface area contributed by atoms with E-state index >= 15 is 0 Å². The SMILES string of the molecule is Cc1ccc(-c2cc3ncnc(Sc4nnc(-c5ccccc5)o4)c3s2)cc1. The van der Waals surface area contributed by atoms with Crippen LogP contribution >= 0.6 is 23.1 Å². The summed E-state index contributed by atoms with van der Waals surface area (Å²) < 4.78 is 6.83. The third-order valence-electron chi connectivity index (χ3n) is 4.23. The van der Waals surface area contributed by atoms with Gasteiger partial charge in [-0.05, 0) is 42.4 Å². The van der Waals surface area contributed by atoms with Gasteiger partial charge in [0.1, 0.15) is 11.4 Å². The van der Waals surface area contributed by atoms with E-state index < -0.39 is 0 Å². The number of aromatic nitrogens is 4. The molecule has 0 N–H and O–H groups in total. The van der Waals surface area contributed by atoms with Gasteiger partial charge in [-0.1, -0.05) is 48.0 Å². The highest BCUT2D eigenvalue weighted by molar-refractivity contribution is 7.99. The minimum absolute atomic E-state index is 0.462. The molecule has 7 heteroatoms. The normalized spacial score (nSPS) is 11.2. The van der Waals surface area contributed by atoms with Gasteiger partial charge in [-0.2, -0.15) is 0 Å². The fourth-order valence-electron chi connectivity index (χ4n) is 2.80. The molecule has 2 aromatic carbocycles. The lowest BCUT2D eigenvalue weighted by molar-refractivity contribution is 0.465. The first kappa shape index (κ1) is 17.1. The Labute approximate surface area is 169 Å². The van der Waals surface area contributed by atoms with Crippen LogP contribution in [-0.4, -0.2) is 20.2 Å². The van der Waals surface area contributed by atoms with Crippen LogP contribution in [0.2, 0.25) is 0 Å². The molecule has 0 spiro atoms. The molecule has 5 rings (SSSR count). The molecule has 0 fully saturated rings. The Balaban J connectivity index is 1.48. The van der Waals surface area contributed by atoms with Crippen molar-refractivity contribution in [3.63, 3.8) is 0 Å². The largest absolute Gasteiger partial charge is 0.411 e. The van der Waals surface area contributed by atoms with Gasteiger partial charge in [0.05, 0.1) is 10.2 Å². The van der Waals surface area contributed by atoms with Crippen LogP contribution in [0.3, 0.4) is 0 Å². The fraction of sp³-hybridized carbons (Fsp3) is 0.0476. The maximum atomic E-state index is 5.81. The highest BCUT2D eigenvalue weighted by Gasteiger charge is 2.15. The molecule has 0 atom stereocenters. The van der Waals surface area contributed by atoms with E-state index in [0.717, 1.165) is 25.7 Å². The minimum Gasteiger partial charge on any atom is -0.411 e. The van der Waals surface area contributed by atoms with Crippen LogP contribution in [0.15, 0.2) is 81.7 Å². The third kappa shape index (κ3) is 3.30. The van der Waals surface area contributed by atoms with E-state index in [1.165, 1.54) is 22.9 Å². The second-order valence-corrected chi connectivity index (χ2v) is 8.20. The molecule has 28 heavy (non-hydrogen) atoms. The number of benzene rings is 2. The van der Waals surface area contributed by atoms with Crippen LogP contribution < -0.4 is 0 Å². The second-order valence-electron chi connectivity index (χ2n) is 6.21. The number of hydrogen-bond donors (Lipinski definition) is 0. The molecule has 0 aliphatic rings. The first-order valence-electron chi connectivity index (χ1n) is 8.64. The summed E-state index contributed by atoms with van der Waals surface area (Å²) in [5, 5.41) is 9.58. The summed E-state index contributed by atoms with van der Waals surface area (Å²) in [7, 11) is 0. The Morgan fingerprint density at radius 2 is 1.71 bits per heavy atom. The molecule has 3 aromatic heterocycles. The van der Waals surface area contributed by atoms with Gasteiger partial charge in [-0.15, -0.1) is 21.5 Å². The molecule has 0 aliphatic heterocycles. The monoisotopic (exact) mass is 402 g/mol. The van der Waals surface area contributed by atoms with Gasteiger partial charge in [-0.25, -0.2) is 9.97 Å². The number of fused-ring (bicyclic) bond motifs is 1. The molecule has 0 saturated heterocycles. The summed E-state index contributed by atoms with van der Waals surface area (Å²) in [6, 6.07) is 20.3. The minimum atomic E-state index is 0.462. The van der Waals surface area contributed by atoms with Crippen molar-refractivity contribution in [1.82, 2.24) is 20.2 Å². The van der Waals surface area contributed by atoms with Gasteiger partial charge in [-0.3, -0.25) is 0 Å². The zero-order valence-corrected chi connectivity index (χ0v) is 16.5. The van der Waals surface area contributed by atoms with E-state index in [9.17, 15) is 0 Å².